The SMILES string of the molecule is COC(OC)[N+]1(OC)CCN(OC)C1=O. The molecule has 0 aliphatic carbocycles. The van der Waals surface area contributed by atoms with Crippen LogP contribution in [0.25, 0.3) is 0 Å². The van der Waals surface area contributed by atoms with Crippen LogP contribution in [-0.4, -0.2) is 63.7 Å². The van der Waals surface area contributed by atoms with Crippen molar-refractivity contribution in [1.82, 2.24) is 5.06 Å². The molecule has 0 N–H and O–H groups in total. The molecule has 0 saturated carbocycles. The first kappa shape index (κ1) is 12.3. The Morgan fingerprint density at radius 2 is 1.87 bits per heavy atom. The van der Waals surface area contributed by atoms with Crippen LogP contribution in [0.1, 0.15) is 0 Å². The third kappa shape index (κ3) is 1.84. The van der Waals surface area contributed by atoms with Crippen LogP contribution in [0.4, 0.5) is 4.79 Å². The molecule has 1 rings (SSSR count). The van der Waals surface area contributed by atoms with Crippen molar-refractivity contribution in [1.29, 1.82) is 0 Å². The van der Waals surface area contributed by atoms with Crippen molar-refractivity contribution >= 4 is 6.03 Å². The summed E-state index contributed by atoms with van der Waals surface area (Å²) in [5, 5.41) is 1.22. The first-order valence-electron chi connectivity index (χ1n) is 4.51. The fraction of sp³-hybridized carbons (Fsp3) is 0.875. The molecule has 1 saturated heterocycles. The van der Waals surface area contributed by atoms with Crippen LogP contribution in [0.5, 0.6) is 0 Å². The summed E-state index contributed by atoms with van der Waals surface area (Å²) < 4.78 is 9.75. The van der Waals surface area contributed by atoms with E-state index < -0.39 is 6.41 Å². The minimum Gasteiger partial charge on any atom is -0.306 e. The highest BCUT2D eigenvalue weighted by Crippen LogP contribution is 2.25. The predicted molar refractivity (Wildman–Crippen MR) is 49.1 cm³/mol. The highest BCUT2D eigenvalue weighted by Gasteiger charge is 2.56. The zero-order chi connectivity index (χ0) is 11.5. The molecule has 7 nitrogen and oxygen atoms in total. The van der Waals surface area contributed by atoms with Gasteiger partial charge in [0.2, 0.25) is 0 Å². The van der Waals surface area contributed by atoms with Crippen molar-refractivity contribution < 1.29 is 28.6 Å². The number of amides is 2. The van der Waals surface area contributed by atoms with Crippen molar-refractivity contribution in [2.24, 2.45) is 0 Å². The minimum absolute atomic E-state index is 0.339. The molecule has 1 unspecified atom stereocenters. The average molecular weight is 221 g/mol. The van der Waals surface area contributed by atoms with Gasteiger partial charge in [0.1, 0.15) is 13.1 Å². The normalized spacial score (nSPS) is 26.7. The zero-order valence-electron chi connectivity index (χ0n) is 9.43. The molecule has 1 fully saturated rings. The van der Waals surface area contributed by atoms with Gasteiger partial charge < -0.3 is 9.47 Å². The lowest BCUT2D eigenvalue weighted by atomic mass is 10.6. The fourth-order valence-electron chi connectivity index (χ4n) is 1.68. The minimum atomic E-state index is -0.789. The van der Waals surface area contributed by atoms with E-state index in [0.29, 0.717) is 13.1 Å². The summed E-state index contributed by atoms with van der Waals surface area (Å²) in [6.45, 7) is 0.849. The number of carbonyl (C=O) groups is 1. The number of methoxy groups -OCH3 is 2. The van der Waals surface area contributed by atoms with Gasteiger partial charge in [-0.05, 0) is 4.65 Å². The van der Waals surface area contributed by atoms with E-state index >= 15 is 0 Å². The lowest BCUT2D eigenvalue weighted by molar-refractivity contribution is -1.08. The number of hydrogen-bond donors (Lipinski definition) is 0. The predicted octanol–water partition coefficient (Wildman–Crippen LogP) is -0.0620. The van der Waals surface area contributed by atoms with Crippen LogP contribution >= 0.6 is 0 Å². The second kappa shape index (κ2) is 4.86. The molecular formula is C8H17N2O5+. The molecule has 15 heavy (non-hydrogen) atoms. The Morgan fingerprint density at radius 3 is 2.20 bits per heavy atom. The lowest BCUT2D eigenvalue weighted by Crippen LogP contribution is -2.58. The maximum absolute atomic E-state index is 11.9. The average Bonchev–Trinajstić information content (AvgIpc) is 2.59. The summed E-state index contributed by atoms with van der Waals surface area (Å²) in [6, 6.07) is -0.339. The van der Waals surface area contributed by atoms with Crippen LogP contribution in [0, 0.1) is 0 Å². The summed E-state index contributed by atoms with van der Waals surface area (Å²) in [5.74, 6) is 0. The number of carbonyl (C=O) groups excluding carboxylic acids is 1. The topological polar surface area (TPSA) is 57.2 Å². The van der Waals surface area contributed by atoms with E-state index in [4.69, 9.17) is 19.1 Å². The summed E-state index contributed by atoms with van der Waals surface area (Å²) in [7, 11) is 5.77. The lowest BCUT2D eigenvalue weighted by Gasteiger charge is -2.30. The van der Waals surface area contributed by atoms with E-state index in [1.807, 2.05) is 0 Å². The van der Waals surface area contributed by atoms with Gasteiger partial charge in [0.05, 0.1) is 14.2 Å². The number of quaternary nitrogens is 1. The van der Waals surface area contributed by atoms with Crippen molar-refractivity contribution in [3.05, 3.63) is 0 Å². The summed E-state index contributed by atoms with van der Waals surface area (Å²) in [5.41, 5.74) is 0. The molecule has 0 aromatic carbocycles. The van der Waals surface area contributed by atoms with Crippen molar-refractivity contribution in [3.8, 4) is 0 Å². The van der Waals surface area contributed by atoms with E-state index in [1.54, 1.807) is 0 Å². The second-order valence-electron chi connectivity index (χ2n) is 3.05. The number of urea groups is 1. The maximum Gasteiger partial charge on any atom is 0.480 e. The molecule has 1 atom stereocenters. The summed E-state index contributed by atoms with van der Waals surface area (Å²) in [6.07, 6.45) is -0.789. The number of hydrogen-bond acceptors (Lipinski definition) is 5. The van der Waals surface area contributed by atoms with E-state index in [0.717, 1.165) is 0 Å². The van der Waals surface area contributed by atoms with Gasteiger partial charge in [-0.2, -0.15) is 9.90 Å². The fourth-order valence-corrected chi connectivity index (χ4v) is 1.68. The van der Waals surface area contributed by atoms with Crippen LogP contribution in [0.3, 0.4) is 0 Å². The Balaban J connectivity index is 2.90. The molecular weight excluding hydrogens is 204 g/mol. The quantitative estimate of drug-likeness (QED) is 0.481. The molecule has 7 heteroatoms. The number of nitrogens with zero attached hydrogens (tertiary/aromatic N) is 2. The molecule has 88 valence electrons. The molecule has 1 aliphatic heterocycles. The highest BCUT2D eigenvalue weighted by molar-refractivity contribution is 5.67. The first-order valence-corrected chi connectivity index (χ1v) is 4.51. The van der Waals surface area contributed by atoms with Crippen LogP contribution in [0.2, 0.25) is 0 Å². The Bertz CT molecular complexity index is 233. The smallest absolute Gasteiger partial charge is 0.306 e. The molecule has 0 aromatic rings. The molecule has 0 radical (unpaired) electrons. The highest BCUT2D eigenvalue weighted by atomic mass is 16.8. The van der Waals surface area contributed by atoms with Crippen molar-refractivity contribution in [2.45, 2.75) is 6.41 Å². The molecule has 1 heterocycles. The van der Waals surface area contributed by atoms with Gasteiger partial charge in [-0.15, -0.1) is 0 Å². The Morgan fingerprint density at radius 1 is 1.27 bits per heavy atom. The van der Waals surface area contributed by atoms with E-state index in [2.05, 4.69) is 0 Å². The largest absolute Gasteiger partial charge is 0.480 e. The monoisotopic (exact) mass is 221 g/mol. The second-order valence-corrected chi connectivity index (χ2v) is 3.05. The van der Waals surface area contributed by atoms with Gasteiger partial charge in [0.25, 0.3) is 0 Å². The van der Waals surface area contributed by atoms with Crippen LogP contribution < -0.4 is 0 Å². The zero-order valence-corrected chi connectivity index (χ0v) is 9.43. The molecule has 0 spiro atoms. The van der Waals surface area contributed by atoms with Crippen LogP contribution in [0.15, 0.2) is 0 Å². The van der Waals surface area contributed by atoms with Gasteiger partial charge in [0.15, 0.2) is 0 Å². The van der Waals surface area contributed by atoms with Gasteiger partial charge in [-0.1, -0.05) is 0 Å². The van der Waals surface area contributed by atoms with Crippen molar-refractivity contribution in [2.75, 3.05) is 41.5 Å². The third-order valence-corrected chi connectivity index (χ3v) is 2.46. The van der Waals surface area contributed by atoms with E-state index in [1.165, 1.54) is 33.5 Å². The van der Waals surface area contributed by atoms with Gasteiger partial charge in [0, 0.05) is 14.2 Å². The van der Waals surface area contributed by atoms with E-state index in [9.17, 15) is 4.79 Å². The Labute approximate surface area is 88.5 Å². The molecule has 1 aliphatic rings. The van der Waals surface area contributed by atoms with Gasteiger partial charge in [-0.25, -0.2) is 4.79 Å². The summed E-state index contributed by atoms with van der Waals surface area (Å²) >= 11 is 0. The van der Waals surface area contributed by atoms with Gasteiger partial charge in [-0.3, -0.25) is 4.84 Å². The number of hydroxylamine groups is 5. The number of rotatable bonds is 5. The number of ether oxygens (including phenoxy) is 2. The maximum atomic E-state index is 11.9. The van der Waals surface area contributed by atoms with Crippen molar-refractivity contribution in [3.63, 3.8) is 0 Å². The standard InChI is InChI=1S/C8H17N2O5/c1-12-8(13-2)10(15-4)6-5-9(14-3)7(10)11/h8H,5-6H2,1-4H3/q+1. The third-order valence-electron chi connectivity index (χ3n) is 2.46. The Hall–Kier alpha value is -0.730. The molecule has 2 amide bonds. The van der Waals surface area contributed by atoms with Gasteiger partial charge >= 0.3 is 12.4 Å². The van der Waals surface area contributed by atoms with E-state index in [-0.39, 0.29) is 10.7 Å². The molecule has 0 bridgehead atoms. The first-order chi connectivity index (χ1) is 7.16. The van der Waals surface area contributed by atoms with Crippen LogP contribution in [-0.2, 0) is 19.1 Å². The summed E-state index contributed by atoms with van der Waals surface area (Å²) in [4.78, 5) is 22.0. The molecule has 0 aromatic heterocycles. The Kier molecular flexibility index (Phi) is 4.00.